The number of aromatic carboxylic acids is 1. The van der Waals surface area contributed by atoms with Crippen molar-refractivity contribution in [3.63, 3.8) is 0 Å². The Morgan fingerprint density at radius 1 is 0.986 bits per heavy atom. The highest BCUT2D eigenvalue weighted by Gasteiger charge is 2.44. The molecular formula is C42H36N7O20P3. The molecule has 0 radical (unpaired) electrons. The van der Waals surface area contributed by atoms with Crippen LogP contribution in [0, 0.1) is 22.0 Å². The van der Waals surface area contributed by atoms with Crippen molar-refractivity contribution >= 4 is 69.0 Å². The first-order chi connectivity index (χ1) is 34.1. The summed E-state index contributed by atoms with van der Waals surface area (Å²) in [4.78, 5) is 89.7. The van der Waals surface area contributed by atoms with Crippen LogP contribution in [0.5, 0.6) is 5.75 Å². The largest absolute Gasteiger partial charge is 0.508 e. The molecule has 1 aliphatic carbocycles. The van der Waals surface area contributed by atoms with Gasteiger partial charge in [0.1, 0.15) is 35.8 Å². The maximum atomic E-state index is 13.4. The number of amides is 1. The smallest absolute Gasteiger partial charge is 0.490 e. The molecule has 0 bridgehead atoms. The zero-order valence-corrected chi connectivity index (χ0v) is 39.3. The fourth-order valence-electron chi connectivity index (χ4n) is 7.52. The molecule has 5 atom stereocenters. The molecular weight excluding hydrogens is 1020 g/mol. The molecule has 0 spiro atoms. The molecule has 2 aliphatic heterocycles. The van der Waals surface area contributed by atoms with E-state index in [0.29, 0.717) is 16.5 Å². The van der Waals surface area contributed by atoms with Gasteiger partial charge in [0.05, 0.1) is 36.1 Å². The number of fused-ring (bicyclic) bond motifs is 3. The summed E-state index contributed by atoms with van der Waals surface area (Å²) in [6, 6.07) is 16.4. The van der Waals surface area contributed by atoms with Crippen molar-refractivity contribution in [3.8, 4) is 40.0 Å². The molecule has 3 aliphatic rings. The van der Waals surface area contributed by atoms with Crippen molar-refractivity contribution in [2.24, 2.45) is 0 Å². The van der Waals surface area contributed by atoms with E-state index in [1.165, 1.54) is 90.0 Å². The molecule has 72 heavy (non-hydrogen) atoms. The quantitative estimate of drug-likeness (QED) is 0.0194. The molecule has 1 amide bonds. The molecule has 2 aromatic heterocycles. The molecule has 8 rings (SSSR count). The third-order valence-corrected chi connectivity index (χ3v) is 14.9. The van der Waals surface area contributed by atoms with E-state index < -0.39 is 65.3 Å². The Morgan fingerprint density at radius 3 is 2.51 bits per heavy atom. The number of nitrogens with zero attached hydrogens (tertiary/aromatic N) is 5. The van der Waals surface area contributed by atoms with E-state index in [0.717, 1.165) is 7.11 Å². The Kier molecular flexibility index (Phi) is 14.5. The number of phenols is 1. The van der Waals surface area contributed by atoms with Gasteiger partial charge in [-0.1, -0.05) is 11.8 Å². The van der Waals surface area contributed by atoms with Crippen molar-refractivity contribution in [2.75, 3.05) is 25.6 Å². The number of aromatic nitrogens is 4. The SMILES string of the molecule is COP(=O)(OC[C@H]1O[C@@H](n2cnc3c(NCc4ccc(C#CCNC(=O)c5ccc(C(=O)O)c(-c6c7ccc(=O)cc-7oc7cc(O)ccc67)c5)cc4[N+](=O)[O-])ncnc32)CC1O)OP(=O)(O)OP(=O)(O)O. The van der Waals surface area contributed by atoms with Crippen LogP contribution < -0.4 is 16.1 Å². The standard InChI is InChI=1S/C42H36N7O20P3/c1-64-72(63,69-71(61,62)68-70(58,59)60)65-19-35-32(52)17-36(67-35)48-21-47-38-39(45-20-46-40(38)48)44-18-24-5-4-22(13-31(24)49(56)57)3-2-12-43-41(53)23-6-9-27(42(54)55)30(14-23)37-28-10-7-25(50)15-33(28)66-34-16-26(51)8-11-29(34)37/h4-11,13-16,20-21,32,35-36,50,52H,12,17-19H2,1H3,(H,43,53)(H,54,55)(H,61,62)(H,44,45,46)(H2,58,59,60)/t32?,35-,36-,72?/m1/s1. The van der Waals surface area contributed by atoms with Crippen LogP contribution in [-0.2, 0) is 42.6 Å². The molecule has 374 valence electrons. The fourth-order valence-corrected chi connectivity index (χ4v) is 10.9. The maximum Gasteiger partial charge on any atom is 0.490 e. The molecule has 1 saturated heterocycles. The first kappa shape index (κ1) is 51.1. The highest BCUT2D eigenvalue weighted by molar-refractivity contribution is 7.66. The van der Waals surface area contributed by atoms with Gasteiger partial charge in [0.2, 0.25) is 0 Å². The lowest BCUT2D eigenvalue weighted by molar-refractivity contribution is -0.385. The van der Waals surface area contributed by atoms with E-state index >= 15 is 0 Å². The molecule has 3 aromatic carbocycles. The number of anilines is 1. The second-order valence-corrected chi connectivity index (χ2v) is 20.1. The Morgan fingerprint density at radius 2 is 1.78 bits per heavy atom. The van der Waals surface area contributed by atoms with Crippen LogP contribution in [0.15, 0.2) is 94.7 Å². The van der Waals surface area contributed by atoms with Gasteiger partial charge in [0.25, 0.3) is 11.6 Å². The van der Waals surface area contributed by atoms with Gasteiger partial charge in [-0.05, 0) is 60.2 Å². The predicted octanol–water partition coefficient (Wildman–Crippen LogP) is 5.06. The van der Waals surface area contributed by atoms with Crippen molar-refractivity contribution < 1.29 is 85.0 Å². The molecule has 1 fully saturated rings. The second kappa shape index (κ2) is 20.5. The van der Waals surface area contributed by atoms with Crippen LogP contribution in [0.25, 0.3) is 44.6 Å². The number of carbonyl (C=O) groups is 2. The summed E-state index contributed by atoms with van der Waals surface area (Å²) >= 11 is 0. The number of ether oxygens (including phenoxy) is 1. The second-order valence-electron chi connectivity index (χ2n) is 15.3. The number of aliphatic hydroxyl groups excluding tert-OH is 1. The third-order valence-electron chi connectivity index (χ3n) is 10.7. The topological polar surface area (TPSA) is 394 Å². The van der Waals surface area contributed by atoms with E-state index in [1.807, 2.05) is 0 Å². The Balaban J connectivity index is 0.923. The summed E-state index contributed by atoms with van der Waals surface area (Å²) in [7, 11) is -15.5. The fraction of sp³-hybridized carbons (Fsp3) is 0.190. The minimum absolute atomic E-state index is 0.0609. The molecule has 30 heteroatoms. The lowest BCUT2D eigenvalue weighted by atomic mass is 9.89. The van der Waals surface area contributed by atoms with Crippen molar-refractivity contribution in [2.45, 2.75) is 31.4 Å². The summed E-state index contributed by atoms with van der Waals surface area (Å²) in [6.45, 7) is -1.12. The molecule has 0 saturated carbocycles. The van der Waals surface area contributed by atoms with Crippen LogP contribution in [-0.4, -0.2) is 98.8 Å². The number of hydrogen-bond donors (Lipinski definition) is 8. The number of nitro benzene ring substituents is 1. The van der Waals surface area contributed by atoms with Gasteiger partial charge in [-0.15, -0.1) is 0 Å². The number of rotatable bonds is 17. The Hall–Kier alpha value is -7.27. The van der Waals surface area contributed by atoms with Gasteiger partial charge in [-0.25, -0.2) is 33.4 Å². The van der Waals surface area contributed by atoms with Gasteiger partial charge < -0.3 is 49.8 Å². The molecule has 8 N–H and O–H groups in total. The van der Waals surface area contributed by atoms with Gasteiger partial charge in [-0.3, -0.25) is 33.3 Å². The van der Waals surface area contributed by atoms with E-state index in [2.05, 4.69) is 50.6 Å². The van der Waals surface area contributed by atoms with Crippen LogP contribution in [0.4, 0.5) is 11.5 Å². The number of imidazole rings is 1. The van der Waals surface area contributed by atoms with Gasteiger partial charge >= 0.3 is 29.4 Å². The van der Waals surface area contributed by atoms with E-state index in [1.54, 1.807) is 0 Å². The number of benzene rings is 4. The number of nitrogens with one attached hydrogen (secondary N) is 2. The molecule has 27 nitrogen and oxygen atoms in total. The lowest BCUT2D eigenvalue weighted by Gasteiger charge is -2.21. The summed E-state index contributed by atoms with van der Waals surface area (Å²) in [6.07, 6.45) is -1.16. The lowest BCUT2D eigenvalue weighted by Crippen LogP contribution is -2.26. The number of aromatic hydroxyl groups is 1. The Bertz CT molecular complexity index is 3550. The number of carboxylic acid groups (broad SMARTS) is 1. The summed E-state index contributed by atoms with van der Waals surface area (Å²) < 4.78 is 66.1. The van der Waals surface area contributed by atoms with Gasteiger partial charge in [-0.2, -0.15) is 8.62 Å². The number of aliphatic hydroxyl groups is 1. The minimum atomic E-state index is -5.67. The Labute approximate surface area is 402 Å². The number of nitro groups is 1. The zero-order chi connectivity index (χ0) is 51.7. The van der Waals surface area contributed by atoms with E-state index in [-0.39, 0.29) is 92.5 Å². The first-order valence-electron chi connectivity index (χ1n) is 20.6. The highest BCUT2D eigenvalue weighted by Crippen LogP contribution is 2.68. The average Bonchev–Trinajstić information content (AvgIpc) is 3.92. The monoisotopic (exact) mass is 1050 g/mol. The predicted molar refractivity (Wildman–Crippen MR) is 247 cm³/mol. The minimum Gasteiger partial charge on any atom is -0.508 e. The average molecular weight is 1050 g/mol. The number of hydrogen-bond acceptors (Lipinski definition) is 20. The van der Waals surface area contributed by atoms with Crippen molar-refractivity contribution in [1.82, 2.24) is 24.8 Å². The van der Waals surface area contributed by atoms with Crippen LogP contribution in [0.3, 0.4) is 0 Å². The number of carbonyl (C=O) groups excluding carboxylic acids is 1. The number of phosphoric acid groups is 3. The summed E-state index contributed by atoms with van der Waals surface area (Å²) in [5.74, 6) is 3.75. The first-order valence-corrected chi connectivity index (χ1v) is 25.1. The summed E-state index contributed by atoms with van der Waals surface area (Å²) in [5, 5.41) is 49.2. The van der Waals surface area contributed by atoms with Crippen molar-refractivity contribution in [3.05, 3.63) is 128 Å². The number of carboxylic acids is 1. The molecule has 4 heterocycles. The van der Waals surface area contributed by atoms with Crippen LogP contribution in [0.1, 0.15) is 44.5 Å². The molecule has 3 unspecified atom stereocenters. The molecule has 5 aromatic rings. The van der Waals surface area contributed by atoms with E-state index in [9.17, 15) is 58.4 Å². The third kappa shape index (κ3) is 11.4. The normalized spacial score (nSPS) is 17.5. The summed E-state index contributed by atoms with van der Waals surface area (Å²) in [5.41, 5.74) is 1.07. The zero-order valence-electron chi connectivity index (χ0n) is 36.6. The maximum absolute atomic E-state index is 13.4. The number of phenolic OH excluding ortho intramolecular Hbond substituents is 1. The van der Waals surface area contributed by atoms with Gasteiger partial charge in [0, 0.05) is 71.5 Å². The van der Waals surface area contributed by atoms with Crippen molar-refractivity contribution in [1.29, 1.82) is 0 Å². The van der Waals surface area contributed by atoms with E-state index in [4.69, 9.17) is 23.5 Å². The van der Waals surface area contributed by atoms with Gasteiger partial charge in [0.15, 0.2) is 22.4 Å². The highest BCUT2D eigenvalue weighted by atomic mass is 31.3. The van der Waals surface area contributed by atoms with Crippen LogP contribution >= 0.6 is 23.5 Å². The number of phosphoric ester groups is 1. The van der Waals surface area contributed by atoms with Crippen LogP contribution in [0.2, 0.25) is 0 Å².